The highest BCUT2D eigenvalue weighted by atomic mass is 14.2. The highest BCUT2D eigenvalue weighted by Crippen LogP contribution is 2.27. The Morgan fingerprint density at radius 1 is 0.929 bits per heavy atom. The Kier molecular flexibility index (Phi) is 7.31. The SMILES string of the molecule is CCCCC(C)CC(C)C(C)C(C)C. The summed E-state index contributed by atoms with van der Waals surface area (Å²) in [5, 5.41) is 0. The van der Waals surface area contributed by atoms with Gasteiger partial charge in [-0.1, -0.05) is 60.8 Å². The molecular weight excluding hydrogens is 168 g/mol. The average Bonchev–Trinajstić information content (AvgIpc) is 2.13. The lowest BCUT2D eigenvalue weighted by Crippen LogP contribution is -2.16. The molecule has 0 heterocycles. The predicted molar refractivity (Wildman–Crippen MR) is 66.5 cm³/mol. The first-order valence-electron chi connectivity index (χ1n) is 6.49. The van der Waals surface area contributed by atoms with Gasteiger partial charge in [-0.25, -0.2) is 0 Å². The molecule has 0 aliphatic heterocycles. The lowest BCUT2D eigenvalue weighted by molar-refractivity contribution is 0.246. The molecule has 0 bridgehead atoms. The molecule has 0 saturated heterocycles. The Morgan fingerprint density at radius 2 is 1.50 bits per heavy atom. The summed E-state index contributed by atoms with van der Waals surface area (Å²) in [6, 6.07) is 0. The molecular formula is C14H30. The maximum Gasteiger partial charge on any atom is -0.0394 e. The fraction of sp³-hybridized carbons (Fsp3) is 1.00. The molecule has 0 N–H and O–H groups in total. The third kappa shape index (κ3) is 5.67. The molecule has 14 heavy (non-hydrogen) atoms. The van der Waals surface area contributed by atoms with Crippen LogP contribution in [0.25, 0.3) is 0 Å². The zero-order valence-corrected chi connectivity index (χ0v) is 11.1. The molecule has 0 nitrogen and oxygen atoms in total. The number of unbranched alkanes of at least 4 members (excludes halogenated alkanes) is 1. The average molecular weight is 198 g/mol. The fourth-order valence-corrected chi connectivity index (χ4v) is 2.18. The minimum absolute atomic E-state index is 0.836. The van der Waals surface area contributed by atoms with E-state index in [9.17, 15) is 0 Å². The quantitative estimate of drug-likeness (QED) is 0.532. The van der Waals surface area contributed by atoms with E-state index < -0.39 is 0 Å². The molecule has 0 rings (SSSR count). The minimum Gasteiger partial charge on any atom is -0.0654 e. The van der Waals surface area contributed by atoms with Gasteiger partial charge in [-0.15, -0.1) is 0 Å². The van der Waals surface area contributed by atoms with Crippen molar-refractivity contribution in [3.8, 4) is 0 Å². The van der Waals surface area contributed by atoms with E-state index in [4.69, 9.17) is 0 Å². The Bertz CT molecular complexity index is 126. The summed E-state index contributed by atoms with van der Waals surface area (Å²) in [7, 11) is 0. The maximum absolute atomic E-state index is 2.42. The molecule has 3 atom stereocenters. The molecule has 0 aliphatic rings. The van der Waals surface area contributed by atoms with E-state index in [1.54, 1.807) is 0 Å². The van der Waals surface area contributed by atoms with Crippen LogP contribution in [0.15, 0.2) is 0 Å². The third-order valence-corrected chi connectivity index (χ3v) is 3.77. The van der Waals surface area contributed by atoms with Crippen molar-refractivity contribution in [2.24, 2.45) is 23.7 Å². The van der Waals surface area contributed by atoms with Gasteiger partial charge in [0.1, 0.15) is 0 Å². The van der Waals surface area contributed by atoms with Gasteiger partial charge in [-0.2, -0.15) is 0 Å². The zero-order chi connectivity index (χ0) is 11.1. The summed E-state index contributed by atoms with van der Waals surface area (Å²) < 4.78 is 0. The summed E-state index contributed by atoms with van der Waals surface area (Å²) in [6.07, 6.45) is 5.59. The highest BCUT2D eigenvalue weighted by molar-refractivity contribution is 4.68. The van der Waals surface area contributed by atoms with E-state index in [0.29, 0.717) is 0 Å². The molecule has 0 aromatic rings. The Hall–Kier alpha value is 0. The van der Waals surface area contributed by atoms with Crippen molar-refractivity contribution in [2.75, 3.05) is 0 Å². The molecule has 0 amide bonds. The predicted octanol–water partition coefficient (Wildman–Crippen LogP) is 5.13. The van der Waals surface area contributed by atoms with Crippen LogP contribution in [0.1, 0.15) is 67.2 Å². The molecule has 86 valence electrons. The molecule has 0 heteroatoms. The molecule has 0 spiro atoms. The van der Waals surface area contributed by atoms with Crippen molar-refractivity contribution in [3.63, 3.8) is 0 Å². The fourth-order valence-electron chi connectivity index (χ4n) is 2.18. The summed E-state index contributed by atoms with van der Waals surface area (Å²) in [6.45, 7) is 14.2. The van der Waals surface area contributed by atoms with Crippen LogP contribution < -0.4 is 0 Å². The summed E-state index contributed by atoms with van der Waals surface area (Å²) in [4.78, 5) is 0. The Labute approximate surface area is 91.5 Å². The number of hydrogen-bond acceptors (Lipinski definition) is 0. The van der Waals surface area contributed by atoms with Crippen molar-refractivity contribution in [2.45, 2.75) is 67.2 Å². The van der Waals surface area contributed by atoms with Gasteiger partial charge in [0.2, 0.25) is 0 Å². The Balaban J connectivity index is 3.74. The molecule has 3 unspecified atom stereocenters. The lowest BCUT2D eigenvalue weighted by atomic mass is 9.80. The summed E-state index contributed by atoms with van der Waals surface area (Å²) >= 11 is 0. The summed E-state index contributed by atoms with van der Waals surface area (Å²) in [5.41, 5.74) is 0. The van der Waals surface area contributed by atoms with Gasteiger partial charge in [0.05, 0.1) is 0 Å². The first-order chi connectivity index (χ1) is 6.49. The van der Waals surface area contributed by atoms with Gasteiger partial charge in [0.15, 0.2) is 0 Å². The highest BCUT2D eigenvalue weighted by Gasteiger charge is 2.17. The van der Waals surface area contributed by atoms with Crippen molar-refractivity contribution < 1.29 is 0 Å². The van der Waals surface area contributed by atoms with Crippen LogP contribution in [-0.4, -0.2) is 0 Å². The minimum atomic E-state index is 0.836. The third-order valence-electron chi connectivity index (χ3n) is 3.77. The van der Waals surface area contributed by atoms with E-state index in [1.165, 1.54) is 25.7 Å². The molecule has 0 saturated carbocycles. The zero-order valence-electron chi connectivity index (χ0n) is 11.1. The maximum atomic E-state index is 2.42. The first-order valence-corrected chi connectivity index (χ1v) is 6.49. The Morgan fingerprint density at radius 3 is 1.93 bits per heavy atom. The van der Waals surface area contributed by atoms with Crippen molar-refractivity contribution >= 4 is 0 Å². The topological polar surface area (TPSA) is 0 Å². The standard InChI is InChI=1S/C14H30/c1-7-8-9-12(4)10-13(5)14(6)11(2)3/h11-14H,7-10H2,1-6H3. The van der Waals surface area contributed by atoms with Gasteiger partial charge in [-0.05, 0) is 30.1 Å². The largest absolute Gasteiger partial charge is 0.0654 e. The van der Waals surface area contributed by atoms with E-state index in [0.717, 1.165) is 23.7 Å². The van der Waals surface area contributed by atoms with Crippen LogP contribution in [0.4, 0.5) is 0 Å². The van der Waals surface area contributed by atoms with Crippen LogP contribution in [-0.2, 0) is 0 Å². The lowest BCUT2D eigenvalue weighted by Gasteiger charge is -2.26. The van der Waals surface area contributed by atoms with Crippen LogP contribution in [0.2, 0.25) is 0 Å². The number of rotatable bonds is 7. The first kappa shape index (κ1) is 14.0. The van der Waals surface area contributed by atoms with Crippen LogP contribution in [0.3, 0.4) is 0 Å². The van der Waals surface area contributed by atoms with Gasteiger partial charge < -0.3 is 0 Å². The van der Waals surface area contributed by atoms with Gasteiger partial charge in [0.25, 0.3) is 0 Å². The van der Waals surface area contributed by atoms with E-state index >= 15 is 0 Å². The van der Waals surface area contributed by atoms with Gasteiger partial charge in [0, 0.05) is 0 Å². The van der Waals surface area contributed by atoms with E-state index in [2.05, 4.69) is 41.5 Å². The van der Waals surface area contributed by atoms with E-state index in [1.807, 2.05) is 0 Å². The second-order valence-electron chi connectivity index (χ2n) is 5.56. The van der Waals surface area contributed by atoms with Gasteiger partial charge >= 0.3 is 0 Å². The van der Waals surface area contributed by atoms with Crippen LogP contribution in [0.5, 0.6) is 0 Å². The van der Waals surface area contributed by atoms with Crippen molar-refractivity contribution in [1.29, 1.82) is 0 Å². The van der Waals surface area contributed by atoms with Gasteiger partial charge in [-0.3, -0.25) is 0 Å². The molecule has 0 aliphatic carbocycles. The normalized spacial score (nSPS) is 18.2. The van der Waals surface area contributed by atoms with Crippen LogP contribution >= 0.6 is 0 Å². The monoisotopic (exact) mass is 198 g/mol. The van der Waals surface area contributed by atoms with Crippen molar-refractivity contribution in [1.82, 2.24) is 0 Å². The number of hydrogen-bond donors (Lipinski definition) is 0. The molecule has 0 radical (unpaired) electrons. The molecule has 0 fully saturated rings. The summed E-state index contributed by atoms with van der Waals surface area (Å²) in [5.74, 6) is 3.52. The molecule has 0 aromatic carbocycles. The van der Waals surface area contributed by atoms with Crippen molar-refractivity contribution in [3.05, 3.63) is 0 Å². The van der Waals surface area contributed by atoms with E-state index in [-0.39, 0.29) is 0 Å². The smallest absolute Gasteiger partial charge is 0.0394 e. The van der Waals surface area contributed by atoms with Crippen LogP contribution in [0, 0.1) is 23.7 Å². The second kappa shape index (κ2) is 7.31. The molecule has 0 aromatic heterocycles. The second-order valence-corrected chi connectivity index (χ2v) is 5.56.